The lowest BCUT2D eigenvalue weighted by atomic mass is 9.98. The largest absolute Gasteiger partial charge is 0.444 e. The normalized spacial score (nSPS) is 17.1. The fourth-order valence-electron chi connectivity index (χ4n) is 8.58. The number of halogens is 2. The molecule has 8 rings (SSSR count). The number of aryl methyl sites for hydroxylation is 2. The van der Waals surface area contributed by atoms with E-state index in [0.717, 1.165) is 25.7 Å². The zero-order valence-corrected chi connectivity index (χ0v) is 37.9. The van der Waals surface area contributed by atoms with Gasteiger partial charge in [0.1, 0.15) is 22.2 Å². The third-order valence-electron chi connectivity index (χ3n) is 11.5. The molecular weight excluding hydrogens is 831 g/mol. The predicted octanol–water partition coefficient (Wildman–Crippen LogP) is 9.03. The Kier molecular flexibility index (Phi) is 11.3. The highest BCUT2D eigenvalue weighted by atomic mass is 35.5. The second kappa shape index (κ2) is 16.3. The molecule has 326 valence electrons. The maximum absolute atomic E-state index is 14.0. The van der Waals surface area contributed by atoms with Crippen LogP contribution in [0.3, 0.4) is 0 Å². The van der Waals surface area contributed by atoms with Crippen LogP contribution in [0.15, 0.2) is 70.5 Å². The van der Waals surface area contributed by atoms with E-state index in [9.17, 15) is 19.2 Å². The second-order valence-corrected chi connectivity index (χ2v) is 19.1. The molecule has 0 aliphatic carbocycles. The number of likely N-dealkylation sites (tertiary alicyclic amines) is 2. The van der Waals surface area contributed by atoms with Crippen LogP contribution in [0.1, 0.15) is 78.6 Å². The van der Waals surface area contributed by atoms with Crippen molar-refractivity contribution >= 4 is 46.4 Å². The fourth-order valence-corrected chi connectivity index (χ4v) is 9.23. The first kappa shape index (κ1) is 43.1. The third kappa shape index (κ3) is 8.34. The Labute approximate surface area is 369 Å². The highest BCUT2D eigenvalue weighted by Gasteiger charge is 2.35. The Morgan fingerprint density at radius 3 is 1.39 bits per heavy atom. The Morgan fingerprint density at radius 1 is 0.645 bits per heavy atom. The van der Waals surface area contributed by atoms with Gasteiger partial charge in [-0.1, -0.05) is 59.6 Å². The van der Waals surface area contributed by atoms with E-state index in [4.69, 9.17) is 42.9 Å². The lowest BCUT2D eigenvalue weighted by molar-refractivity contribution is 0.0202. The topological polar surface area (TPSA) is 138 Å². The number of rotatable bonds is 7. The standard InChI is InChI=1S/C46H52Cl2N8O6/c1-27-23-55-37(41(57)53(27)25-29-13-11-19-51(29)43(59)61-45(3,4)5)21-35(49-55)33-17-9-15-31(39(33)47)32-16-10-18-34(40(32)48)36-22-38-42(58)54(28(2)24-56(38)50-36)26-30-14-12-20-52(30)44(60)62-46(6,7)8/h9-10,15-18,21-24,29-30H,11-14,19-20,25-26H2,1-8H3/t29-,30-/m0/s1. The van der Waals surface area contributed by atoms with Crippen LogP contribution in [-0.4, -0.2) is 86.7 Å². The molecular formula is C46H52Cl2N8O6. The van der Waals surface area contributed by atoms with Gasteiger partial charge in [-0.3, -0.25) is 9.59 Å². The molecule has 0 spiro atoms. The predicted molar refractivity (Wildman–Crippen MR) is 240 cm³/mol. The highest BCUT2D eigenvalue weighted by molar-refractivity contribution is 6.39. The first-order valence-electron chi connectivity index (χ1n) is 21.0. The minimum Gasteiger partial charge on any atom is -0.444 e. The summed E-state index contributed by atoms with van der Waals surface area (Å²) in [6.07, 6.45) is 6.06. The molecule has 2 fully saturated rings. The van der Waals surface area contributed by atoms with E-state index in [2.05, 4.69) is 0 Å². The number of carbonyl (C=O) groups excluding carboxylic acids is 2. The zero-order valence-electron chi connectivity index (χ0n) is 36.4. The van der Waals surface area contributed by atoms with Gasteiger partial charge in [-0.15, -0.1) is 0 Å². The number of ether oxygens (including phenoxy) is 2. The van der Waals surface area contributed by atoms with Crippen molar-refractivity contribution < 1.29 is 19.1 Å². The third-order valence-corrected chi connectivity index (χ3v) is 12.3. The van der Waals surface area contributed by atoms with Crippen molar-refractivity contribution in [3.05, 3.63) is 103 Å². The van der Waals surface area contributed by atoms with Crippen molar-refractivity contribution in [3.63, 3.8) is 0 Å². The summed E-state index contributed by atoms with van der Waals surface area (Å²) in [5, 5.41) is 10.4. The Balaban J connectivity index is 1.08. The summed E-state index contributed by atoms with van der Waals surface area (Å²) in [5.74, 6) is 0. The first-order chi connectivity index (χ1) is 29.3. The summed E-state index contributed by atoms with van der Waals surface area (Å²) in [4.78, 5) is 57.5. The van der Waals surface area contributed by atoms with Crippen LogP contribution in [0.25, 0.3) is 44.7 Å². The molecule has 2 aromatic carbocycles. The van der Waals surface area contributed by atoms with Gasteiger partial charge in [0.15, 0.2) is 0 Å². The van der Waals surface area contributed by atoms with Crippen molar-refractivity contribution in [2.24, 2.45) is 0 Å². The highest BCUT2D eigenvalue weighted by Crippen LogP contribution is 2.42. The number of benzene rings is 2. The molecule has 0 unspecified atom stereocenters. The maximum Gasteiger partial charge on any atom is 0.410 e. The minimum atomic E-state index is -0.621. The molecule has 2 saturated heterocycles. The molecule has 0 bridgehead atoms. The van der Waals surface area contributed by atoms with Crippen LogP contribution < -0.4 is 11.1 Å². The maximum atomic E-state index is 14.0. The van der Waals surface area contributed by atoms with Crippen LogP contribution in [0.5, 0.6) is 0 Å². The number of hydrogen-bond donors (Lipinski definition) is 0. The molecule has 0 radical (unpaired) electrons. The fraction of sp³-hybridized carbons (Fsp3) is 0.435. The molecule has 2 aliphatic rings. The average Bonchev–Trinajstić information content (AvgIpc) is 4.01. The number of hydrogen-bond acceptors (Lipinski definition) is 8. The van der Waals surface area contributed by atoms with Crippen LogP contribution >= 0.6 is 23.2 Å². The molecule has 2 aliphatic heterocycles. The van der Waals surface area contributed by atoms with E-state index in [1.807, 2.05) is 104 Å². The monoisotopic (exact) mass is 882 g/mol. The van der Waals surface area contributed by atoms with Crippen LogP contribution in [-0.2, 0) is 22.6 Å². The van der Waals surface area contributed by atoms with Gasteiger partial charge >= 0.3 is 12.2 Å². The molecule has 14 nitrogen and oxygen atoms in total. The van der Waals surface area contributed by atoms with E-state index in [1.165, 1.54) is 0 Å². The van der Waals surface area contributed by atoms with Gasteiger partial charge in [0, 0.05) is 72.2 Å². The molecule has 2 amide bonds. The van der Waals surface area contributed by atoms with Crippen LogP contribution in [0.2, 0.25) is 10.0 Å². The molecule has 62 heavy (non-hydrogen) atoms. The molecule has 6 aromatic rings. The molecule has 4 aromatic heterocycles. The van der Waals surface area contributed by atoms with E-state index in [0.29, 0.717) is 92.3 Å². The quantitative estimate of drug-likeness (QED) is 0.155. The number of aromatic nitrogens is 6. The van der Waals surface area contributed by atoms with Crippen molar-refractivity contribution in [1.82, 2.24) is 38.2 Å². The summed E-state index contributed by atoms with van der Waals surface area (Å²) in [6.45, 7) is 16.6. The first-order valence-corrected chi connectivity index (χ1v) is 21.8. The van der Waals surface area contributed by atoms with Gasteiger partial charge in [-0.25, -0.2) is 18.6 Å². The van der Waals surface area contributed by atoms with Gasteiger partial charge in [0.2, 0.25) is 0 Å². The molecule has 0 saturated carbocycles. The number of carbonyl (C=O) groups is 2. The lowest BCUT2D eigenvalue weighted by Crippen LogP contribution is -2.43. The van der Waals surface area contributed by atoms with E-state index in [1.54, 1.807) is 40.1 Å². The van der Waals surface area contributed by atoms with Gasteiger partial charge in [-0.2, -0.15) is 10.2 Å². The minimum absolute atomic E-state index is 0.179. The van der Waals surface area contributed by atoms with Crippen LogP contribution in [0.4, 0.5) is 9.59 Å². The summed E-state index contributed by atoms with van der Waals surface area (Å²) in [5.41, 5.74) is 4.01. The number of amides is 2. The molecule has 0 N–H and O–H groups in total. The Bertz CT molecular complexity index is 2670. The molecule has 16 heteroatoms. The summed E-state index contributed by atoms with van der Waals surface area (Å²) < 4.78 is 17.9. The van der Waals surface area contributed by atoms with Crippen LogP contribution in [0, 0.1) is 13.8 Å². The lowest BCUT2D eigenvalue weighted by Gasteiger charge is -2.29. The SMILES string of the molecule is Cc1cn2nc(-c3cccc(-c4cccc(-c5cc6c(=O)n(C[C@@H]7CCCN7C(=O)OC(C)(C)C)c(C)cn6n5)c4Cl)c3Cl)cc2c(=O)n1C[C@@H]1CCCN1C(=O)OC(C)(C)C. The van der Waals surface area contributed by atoms with E-state index in [-0.39, 0.29) is 35.4 Å². The van der Waals surface area contributed by atoms with Crippen molar-refractivity contribution in [1.29, 1.82) is 0 Å². The van der Waals surface area contributed by atoms with Gasteiger partial charge in [0.25, 0.3) is 11.1 Å². The Hall–Kier alpha value is -5.60. The smallest absolute Gasteiger partial charge is 0.410 e. The second-order valence-electron chi connectivity index (χ2n) is 18.4. The van der Waals surface area contributed by atoms with Crippen molar-refractivity contribution in [2.75, 3.05) is 13.1 Å². The molecule has 6 heterocycles. The zero-order chi connectivity index (χ0) is 44.4. The van der Waals surface area contributed by atoms with Crippen molar-refractivity contribution in [2.45, 2.75) is 117 Å². The van der Waals surface area contributed by atoms with E-state index >= 15 is 0 Å². The van der Waals surface area contributed by atoms with Gasteiger partial charge < -0.3 is 28.4 Å². The summed E-state index contributed by atoms with van der Waals surface area (Å²) in [7, 11) is 0. The summed E-state index contributed by atoms with van der Waals surface area (Å²) >= 11 is 14.4. The van der Waals surface area contributed by atoms with Gasteiger partial charge in [0.05, 0.1) is 33.5 Å². The van der Waals surface area contributed by atoms with Crippen molar-refractivity contribution in [3.8, 4) is 33.6 Å². The summed E-state index contributed by atoms with van der Waals surface area (Å²) in [6, 6.07) is 14.3. The van der Waals surface area contributed by atoms with Gasteiger partial charge in [-0.05, 0) is 93.2 Å². The Morgan fingerprint density at radius 2 is 1.02 bits per heavy atom. The number of fused-ring (bicyclic) bond motifs is 2. The average molecular weight is 884 g/mol. The number of nitrogens with zero attached hydrogens (tertiary/aromatic N) is 8. The molecule has 2 atom stereocenters. The van der Waals surface area contributed by atoms with E-state index < -0.39 is 11.2 Å².